The van der Waals surface area contributed by atoms with Gasteiger partial charge in [-0.3, -0.25) is 4.79 Å². The number of carbonyl (C=O) groups is 2. The molecule has 2 aromatic carbocycles. The Morgan fingerprint density at radius 2 is 2.00 bits per heavy atom. The van der Waals surface area contributed by atoms with Gasteiger partial charge in [0.25, 0.3) is 5.91 Å². The molecule has 0 unspecified atom stereocenters. The van der Waals surface area contributed by atoms with Crippen LogP contribution in [0.5, 0.6) is 0 Å². The predicted octanol–water partition coefficient (Wildman–Crippen LogP) is 0.238. The Morgan fingerprint density at radius 1 is 1.25 bits per heavy atom. The number of aliphatic carboxylic acids is 1. The molecule has 0 aromatic heterocycles. The van der Waals surface area contributed by atoms with Crippen LogP contribution in [-0.4, -0.2) is 33.9 Å². The molecule has 1 amide bonds. The Hall–Kier alpha value is -2.45. The van der Waals surface area contributed by atoms with Gasteiger partial charge in [0.05, 0.1) is 10.6 Å². The molecule has 24 heavy (non-hydrogen) atoms. The van der Waals surface area contributed by atoms with Crippen LogP contribution in [0.1, 0.15) is 23.2 Å². The zero-order valence-electron chi connectivity index (χ0n) is 12.9. The number of anilines is 1. The second-order valence-corrected chi connectivity index (χ2v) is 7.28. The Labute approximate surface area is 138 Å². The molecule has 0 saturated carbocycles. The molecule has 2 aromatic rings. The maximum Gasteiger partial charge on any atom is 0.258 e. The zero-order valence-corrected chi connectivity index (χ0v) is 13.7. The summed E-state index contributed by atoms with van der Waals surface area (Å²) in [5.74, 6) is -1.40. The van der Waals surface area contributed by atoms with Crippen molar-refractivity contribution in [1.82, 2.24) is 4.72 Å². The summed E-state index contributed by atoms with van der Waals surface area (Å²) in [5.41, 5.74) is 1.14. The standard InChI is InChI=1S/C16H16N2O5S/c1-18-12-7-8-13(24(22,23)17-9-3-6-14(19)20)10-4-2-5-11(15(10)12)16(18)21/h2,4-5,7-8,17H,3,6,9H2,1H3,(H,19,20)/p-1. The van der Waals surface area contributed by atoms with Crippen molar-refractivity contribution in [1.29, 1.82) is 0 Å². The van der Waals surface area contributed by atoms with E-state index in [4.69, 9.17) is 0 Å². The lowest BCUT2D eigenvalue weighted by atomic mass is 10.1. The summed E-state index contributed by atoms with van der Waals surface area (Å²) >= 11 is 0. The lowest BCUT2D eigenvalue weighted by Gasteiger charge is -2.13. The second kappa shape index (κ2) is 5.88. The number of carboxylic acids is 1. The minimum absolute atomic E-state index is 0.00190. The third-order valence-electron chi connectivity index (χ3n) is 4.01. The van der Waals surface area contributed by atoms with Gasteiger partial charge in [-0.15, -0.1) is 0 Å². The summed E-state index contributed by atoms with van der Waals surface area (Å²) in [6, 6.07) is 8.03. The SMILES string of the molecule is CN1C(=O)c2cccc3c(S(=O)(=O)NCCCC(=O)[O-])ccc1c23. The lowest BCUT2D eigenvalue weighted by Crippen LogP contribution is -2.27. The summed E-state index contributed by atoms with van der Waals surface area (Å²) < 4.78 is 27.4. The first kappa shape index (κ1) is 16.4. The fraction of sp³-hybridized carbons (Fsp3) is 0.250. The summed E-state index contributed by atoms with van der Waals surface area (Å²) in [6.45, 7) is -0.00190. The Balaban J connectivity index is 2.00. The van der Waals surface area contributed by atoms with Crippen LogP contribution in [0.4, 0.5) is 5.69 Å². The number of nitrogens with one attached hydrogen (secondary N) is 1. The van der Waals surface area contributed by atoms with Crippen molar-refractivity contribution in [3.8, 4) is 0 Å². The molecule has 0 bridgehead atoms. The highest BCUT2D eigenvalue weighted by Crippen LogP contribution is 2.39. The van der Waals surface area contributed by atoms with Gasteiger partial charge in [0.2, 0.25) is 10.0 Å². The number of benzene rings is 2. The van der Waals surface area contributed by atoms with Crippen molar-refractivity contribution in [2.45, 2.75) is 17.7 Å². The van der Waals surface area contributed by atoms with Crippen molar-refractivity contribution in [2.75, 3.05) is 18.5 Å². The van der Waals surface area contributed by atoms with Gasteiger partial charge >= 0.3 is 0 Å². The quantitative estimate of drug-likeness (QED) is 0.753. The van der Waals surface area contributed by atoms with Crippen molar-refractivity contribution >= 4 is 38.4 Å². The average Bonchev–Trinajstić information content (AvgIpc) is 2.79. The Bertz CT molecular complexity index is 952. The molecule has 1 aliphatic heterocycles. The van der Waals surface area contributed by atoms with Crippen molar-refractivity contribution in [2.24, 2.45) is 0 Å². The molecule has 0 radical (unpaired) electrons. The van der Waals surface area contributed by atoms with Crippen LogP contribution < -0.4 is 14.7 Å². The van der Waals surface area contributed by atoms with Crippen LogP contribution in [-0.2, 0) is 14.8 Å². The summed E-state index contributed by atoms with van der Waals surface area (Å²) in [7, 11) is -2.18. The van der Waals surface area contributed by atoms with E-state index in [2.05, 4.69) is 4.72 Å². The minimum Gasteiger partial charge on any atom is -0.550 e. The van der Waals surface area contributed by atoms with Gasteiger partial charge in [-0.2, -0.15) is 0 Å². The highest BCUT2D eigenvalue weighted by molar-refractivity contribution is 7.89. The molecule has 0 spiro atoms. The third kappa shape index (κ3) is 2.63. The van der Waals surface area contributed by atoms with E-state index in [1.807, 2.05) is 0 Å². The molecular weight excluding hydrogens is 332 g/mol. The summed E-state index contributed by atoms with van der Waals surface area (Å²) in [6.07, 6.45) is -0.0737. The van der Waals surface area contributed by atoms with Crippen LogP contribution in [0, 0.1) is 0 Å². The number of hydrogen-bond acceptors (Lipinski definition) is 5. The van der Waals surface area contributed by atoms with Crippen LogP contribution in [0.15, 0.2) is 35.2 Å². The van der Waals surface area contributed by atoms with Crippen LogP contribution in [0.25, 0.3) is 10.8 Å². The van der Waals surface area contributed by atoms with Gasteiger partial charge in [0.1, 0.15) is 0 Å². The molecular formula is C16H15N2O5S-. The largest absolute Gasteiger partial charge is 0.550 e. The number of carbonyl (C=O) groups excluding carboxylic acids is 2. The normalized spacial score (nSPS) is 13.7. The minimum atomic E-state index is -3.82. The van der Waals surface area contributed by atoms with E-state index in [1.54, 1.807) is 31.3 Å². The number of nitrogens with zero attached hydrogens (tertiary/aromatic N) is 1. The second-order valence-electron chi connectivity index (χ2n) is 5.55. The molecule has 126 valence electrons. The first-order valence-electron chi connectivity index (χ1n) is 7.36. The summed E-state index contributed by atoms with van der Waals surface area (Å²) in [5, 5.41) is 11.5. The molecule has 0 fully saturated rings. The Morgan fingerprint density at radius 3 is 2.71 bits per heavy atom. The number of hydrogen-bond donors (Lipinski definition) is 1. The van der Waals surface area contributed by atoms with Gasteiger partial charge in [-0.1, -0.05) is 12.1 Å². The molecule has 1 N–H and O–H groups in total. The van der Waals surface area contributed by atoms with Crippen LogP contribution >= 0.6 is 0 Å². The van der Waals surface area contributed by atoms with E-state index in [9.17, 15) is 23.1 Å². The van der Waals surface area contributed by atoms with E-state index >= 15 is 0 Å². The van der Waals surface area contributed by atoms with Gasteiger partial charge in [0.15, 0.2) is 0 Å². The molecule has 0 atom stereocenters. The molecule has 7 nitrogen and oxygen atoms in total. The number of amides is 1. The fourth-order valence-electron chi connectivity index (χ4n) is 2.86. The summed E-state index contributed by atoms with van der Waals surface area (Å²) in [4.78, 5) is 24.2. The molecule has 0 aliphatic carbocycles. The molecule has 3 rings (SSSR count). The van der Waals surface area contributed by atoms with E-state index in [1.165, 1.54) is 11.0 Å². The number of sulfonamides is 1. The van der Waals surface area contributed by atoms with Crippen LogP contribution in [0.3, 0.4) is 0 Å². The topological polar surface area (TPSA) is 107 Å². The zero-order chi connectivity index (χ0) is 17.5. The predicted molar refractivity (Wildman–Crippen MR) is 86.1 cm³/mol. The monoisotopic (exact) mass is 347 g/mol. The Kier molecular flexibility index (Phi) is 4.02. The highest BCUT2D eigenvalue weighted by Gasteiger charge is 2.29. The fourth-order valence-corrected chi connectivity index (χ4v) is 4.14. The third-order valence-corrected chi connectivity index (χ3v) is 5.53. The van der Waals surface area contributed by atoms with Crippen molar-refractivity contribution < 1.29 is 23.1 Å². The van der Waals surface area contributed by atoms with E-state index in [-0.39, 0.29) is 30.2 Å². The smallest absolute Gasteiger partial charge is 0.258 e. The van der Waals surface area contributed by atoms with Gasteiger partial charge < -0.3 is 14.8 Å². The van der Waals surface area contributed by atoms with E-state index in [0.717, 1.165) is 0 Å². The van der Waals surface area contributed by atoms with E-state index in [0.29, 0.717) is 22.0 Å². The maximum atomic E-state index is 12.5. The van der Waals surface area contributed by atoms with Gasteiger partial charge in [-0.25, -0.2) is 13.1 Å². The molecule has 0 saturated heterocycles. The number of rotatable bonds is 6. The van der Waals surface area contributed by atoms with Crippen molar-refractivity contribution in [3.63, 3.8) is 0 Å². The average molecular weight is 347 g/mol. The first-order valence-corrected chi connectivity index (χ1v) is 8.84. The van der Waals surface area contributed by atoms with Crippen molar-refractivity contribution in [3.05, 3.63) is 35.9 Å². The molecule has 1 heterocycles. The van der Waals surface area contributed by atoms with Crippen LogP contribution in [0.2, 0.25) is 0 Å². The highest BCUT2D eigenvalue weighted by atomic mass is 32.2. The lowest BCUT2D eigenvalue weighted by molar-refractivity contribution is -0.305. The molecule has 1 aliphatic rings. The maximum absolute atomic E-state index is 12.5. The first-order chi connectivity index (χ1) is 11.3. The van der Waals surface area contributed by atoms with Gasteiger partial charge in [0, 0.05) is 35.9 Å². The van der Waals surface area contributed by atoms with E-state index < -0.39 is 16.0 Å². The number of carboxylic acid groups (broad SMARTS) is 1. The van der Waals surface area contributed by atoms with Gasteiger partial charge in [-0.05, 0) is 31.0 Å². The molecule has 8 heteroatoms.